The zero-order valence-electron chi connectivity index (χ0n) is 17.7. The number of rotatable bonds is 10. The van der Waals surface area contributed by atoms with E-state index in [0.29, 0.717) is 13.2 Å². The number of piperidine rings is 1. The summed E-state index contributed by atoms with van der Waals surface area (Å²) in [5.74, 6) is 0.391. The van der Waals surface area contributed by atoms with Gasteiger partial charge in [0.2, 0.25) is 11.8 Å². The summed E-state index contributed by atoms with van der Waals surface area (Å²) in [6.07, 6.45) is 9.54. The molecular formula is C24H30N4O3. The van der Waals surface area contributed by atoms with E-state index in [9.17, 15) is 9.59 Å². The van der Waals surface area contributed by atoms with Gasteiger partial charge in [0, 0.05) is 37.1 Å². The topological polar surface area (TPSA) is 97.6 Å². The van der Waals surface area contributed by atoms with Crippen LogP contribution in [0.15, 0.2) is 54.9 Å². The number of hydrogen-bond acceptors (Lipinski definition) is 5. The highest BCUT2D eigenvalue weighted by Crippen LogP contribution is 2.16. The van der Waals surface area contributed by atoms with Gasteiger partial charge < -0.3 is 20.7 Å². The van der Waals surface area contributed by atoms with Crippen molar-refractivity contribution >= 4 is 17.9 Å². The second-order valence-corrected chi connectivity index (χ2v) is 7.74. The molecule has 164 valence electrons. The van der Waals surface area contributed by atoms with Crippen molar-refractivity contribution in [3.8, 4) is 5.75 Å². The van der Waals surface area contributed by atoms with E-state index < -0.39 is 0 Å². The van der Waals surface area contributed by atoms with Crippen LogP contribution in [0.4, 0.5) is 0 Å². The van der Waals surface area contributed by atoms with Crippen molar-refractivity contribution in [1.29, 1.82) is 0 Å². The van der Waals surface area contributed by atoms with Crippen molar-refractivity contribution < 1.29 is 14.3 Å². The zero-order valence-corrected chi connectivity index (χ0v) is 17.7. The third-order valence-corrected chi connectivity index (χ3v) is 5.29. The van der Waals surface area contributed by atoms with E-state index >= 15 is 0 Å². The van der Waals surface area contributed by atoms with Crippen molar-refractivity contribution in [3.63, 3.8) is 0 Å². The molecular weight excluding hydrogens is 392 g/mol. The Balaban J connectivity index is 1.33. The van der Waals surface area contributed by atoms with Crippen LogP contribution in [-0.4, -0.2) is 47.9 Å². The summed E-state index contributed by atoms with van der Waals surface area (Å²) >= 11 is 0. The number of nitrogens with one attached hydrogen (secondary N) is 1. The fourth-order valence-electron chi connectivity index (χ4n) is 3.56. The Kier molecular flexibility index (Phi) is 8.60. The maximum atomic E-state index is 12.0. The van der Waals surface area contributed by atoms with E-state index in [1.807, 2.05) is 36.4 Å². The van der Waals surface area contributed by atoms with Gasteiger partial charge in [0.05, 0.1) is 5.92 Å². The summed E-state index contributed by atoms with van der Waals surface area (Å²) < 4.78 is 5.73. The summed E-state index contributed by atoms with van der Waals surface area (Å²) in [7, 11) is 0. The second-order valence-electron chi connectivity index (χ2n) is 7.74. The minimum absolute atomic E-state index is 0.0431. The lowest BCUT2D eigenvalue weighted by Gasteiger charge is -2.31. The molecule has 0 spiro atoms. The standard InChI is InChI=1S/C24H30N4O3/c25-24(30)21-5-2-14-28(17-21)15-3-13-27-23(29)11-8-19-6-9-22(10-7-19)31-18-20-4-1-12-26-16-20/h1,4,6-12,16,21H,2-3,5,13-15,17-18H2,(H2,25,30)(H,27,29)/b11-8+. The van der Waals surface area contributed by atoms with Gasteiger partial charge in [0.15, 0.2) is 0 Å². The number of likely N-dealkylation sites (tertiary alicyclic amines) is 1. The number of primary amides is 1. The van der Waals surface area contributed by atoms with Crippen LogP contribution in [0.3, 0.4) is 0 Å². The van der Waals surface area contributed by atoms with E-state index in [4.69, 9.17) is 10.5 Å². The molecule has 0 saturated carbocycles. The monoisotopic (exact) mass is 422 g/mol. The molecule has 0 radical (unpaired) electrons. The summed E-state index contributed by atoms with van der Waals surface area (Å²) in [6, 6.07) is 11.4. The molecule has 1 saturated heterocycles. The number of ether oxygens (including phenoxy) is 1. The van der Waals surface area contributed by atoms with Gasteiger partial charge in [-0.1, -0.05) is 18.2 Å². The van der Waals surface area contributed by atoms with E-state index in [-0.39, 0.29) is 17.7 Å². The number of carbonyl (C=O) groups excluding carboxylic acids is 2. The first kappa shape index (κ1) is 22.5. The number of pyridine rings is 1. The summed E-state index contributed by atoms with van der Waals surface area (Å²) in [6.45, 7) is 3.63. The van der Waals surface area contributed by atoms with Crippen LogP contribution in [0, 0.1) is 5.92 Å². The first-order valence-corrected chi connectivity index (χ1v) is 10.7. The minimum Gasteiger partial charge on any atom is -0.489 e. The lowest BCUT2D eigenvalue weighted by Crippen LogP contribution is -2.42. The van der Waals surface area contributed by atoms with Crippen molar-refractivity contribution in [3.05, 3.63) is 66.0 Å². The molecule has 3 N–H and O–H groups in total. The lowest BCUT2D eigenvalue weighted by atomic mass is 9.97. The summed E-state index contributed by atoms with van der Waals surface area (Å²) in [4.78, 5) is 29.7. The molecule has 1 aliphatic heterocycles. The fourth-order valence-corrected chi connectivity index (χ4v) is 3.56. The third-order valence-electron chi connectivity index (χ3n) is 5.29. The van der Waals surface area contributed by atoms with Crippen LogP contribution < -0.4 is 15.8 Å². The lowest BCUT2D eigenvalue weighted by molar-refractivity contribution is -0.123. The van der Waals surface area contributed by atoms with Crippen LogP contribution in [0.25, 0.3) is 6.08 Å². The highest BCUT2D eigenvalue weighted by molar-refractivity contribution is 5.91. The Morgan fingerprint density at radius 2 is 2.10 bits per heavy atom. The molecule has 0 bridgehead atoms. The van der Waals surface area contributed by atoms with E-state index in [0.717, 1.165) is 55.8 Å². The first-order chi connectivity index (χ1) is 15.1. The van der Waals surface area contributed by atoms with E-state index in [1.165, 1.54) is 6.08 Å². The number of benzene rings is 1. The van der Waals surface area contributed by atoms with Gasteiger partial charge in [-0.05, 0) is 62.2 Å². The molecule has 1 aromatic heterocycles. The summed E-state index contributed by atoms with van der Waals surface area (Å²) in [5, 5.41) is 2.90. The van der Waals surface area contributed by atoms with Crippen molar-refractivity contribution in [2.45, 2.75) is 25.9 Å². The van der Waals surface area contributed by atoms with Gasteiger partial charge >= 0.3 is 0 Å². The molecule has 1 fully saturated rings. The maximum Gasteiger partial charge on any atom is 0.243 e. The van der Waals surface area contributed by atoms with Gasteiger partial charge in [-0.2, -0.15) is 0 Å². The molecule has 0 aliphatic carbocycles. The molecule has 1 aromatic carbocycles. The Morgan fingerprint density at radius 1 is 1.26 bits per heavy atom. The van der Waals surface area contributed by atoms with Crippen LogP contribution >= 0.6 is 0 Å². The SMILES string of the molecule is NC(=O)C1CCCN(CCCNC(=O)/C=C/c2ccc(OCc3cccnc3)cc2)C1. The molecule has 7 heteroatoms. The van der Waals surface area contributed by atoms with Gasteiger partial charge in [-0.3, -0.25) is 14.6 Å². The largest absolute Gasteiger partial charge is 0.489 e. The Morgan fingerprint density at radius 3 is 2.84 bits per heavy atom. The Hall–Kier alpha value is -3.19. The number of carbonyl (C=O) groups is 2. The van der Waals surface area contributed by atoms with Crippen LogP contribution in [0.5, 0.6) is 5.75 Å². The number of hydrogen-bond donors (Lipinski definition) is 2. The number of nitrogens with zero attached hydrogens (tertiary/aromatic N) is 2. The zero-order chi connectivity index (χ0) is 21.9. The minimum atomic E-state index is -0.212. The number of amides is 2. The van der Waals surface area contributed by atoms with Gasteiger partial charge in [0.25, 0.3) is 0 Å². The van der Waals surface area contributed by atoms with Gasteiger partial charge in [0.1, 0.15) is 12.4 Å². The molecule has 2 heterocycles. The number of aromatic nitrogens is 1. The molecule has 31 heavy (non-hydrogen) atoms. The molecule has 1 atom stereocenters. The van der Waals surface area contributed by atoms with Crippen molar-refractivity contribution in [1.82, 2.24) is 15.2 Å². The Labute approximate surface area is 183 Å². The first-order valence-electron chi connectivity index (χ1n) is 10.7. The highest BCUT2D eigenvalue weighted by Gasteiger charge is 2.23. The smallest absolute Gasteiger partial charge is 0.243 e. The molecule has 2 amide bonds. The van der Waals surface area contributed by atoms with Crippen LogP contribution in [-0.2, 0) is 16.2 Å². The average Bonchev–Trinajstić information content (AvgIpc) is 2.80. The third kappa shape index (κ3) is 7.86. The van der Waals surface area contributed by atoms with E-state index in [2.05, 4.69) is 15.2 Å². The summed E-state index contributed by atoms with van der Waals surface area (Å²) in [5.41, 5.74) is 7.35. The van der Waals surface area contributed by atoms with Gasteiger partial charge in [-0.25, -0.2) is 0 Å². The normalized spacial score (nSPS) is 16.8. The van der Waals surface area contributed by atoms with Gasteiger partial charge in [-0.15, -0.1) is 0 Å². The maximum absolute atomic E-state index is 12.0. The molecule has 1 unspecified atom stereocenters. The molecule has 7 nitrogen and oxygen atoms in total. The quantitative estimate of drug-likeness (QED) is 0.453. The molecule has 1 aliphatic rings. The predicted molar refractivity (Wildman–Crippen MR) is 120 cm³/mol. The molecule has 2 aromatic rings. The van der Waals surface area contributed by atoms with E-state index in [1.54, 1.807) is 18.5 Å². The Bertz CT molecular complexity index is 868. The van der Waals surface area contributed by atoms with Crippen molar-refractivity contribution in [2.75, 3.05) is 26.2 Å². The number of nitrogens with two attached hydrogens (primary N) is 1. The molecule has 3 rings (SSSR count). The van der Waals surface area contributed by atoms with Crippen LogP contribution in [0.2, 0.25) is 0 Å². The highest BCUT2D eigenvalue weighted by atomic mass is 16.5. The predicted octanol–water partition coefficient (Wildman–Crippen LogP) is 2.38. The second kappa shape index (κ2) is 11.9. The fraction of sp³-hybridized carbons (Fsp3) is 0.375. The van der Waals surface area contributed by atoms with Crippen LogP contribution in [0.1, 0.15) is 30.4 Å². The van der Waals surface area contributed by atoms with Crippen molar-refractivity contribution in [2.24, 2.45) is 11.7 Å². The average molecular weight is 423 g/mol.